The predicted molar refractivity (Wildman–Crippen MR) is 101 cm³/mol. The number of rotatable bonds is 9. The van der Waals surface area contributed by atoms with Crippen molar-refractivity contribution >= 4 is 5.91 Å². The van der Waals surface area contributed by atoms with Gasteiger partial charge in [-0.25, -0.2) is 0 Å². The molecule has 1 aliphatic rings. The maximum atomic E-state index is 12.9. The van der Waals surface area contributed by atoms with Crippen LogP contribution < -0.4 is 0 Å². The van der Waals surface area contributed by atoms with Gasteiger partial charge in [0.15, 0.2) is 0 Å². The van der Waals surface area contributed by atoms with Crippen LogP contribution in [0.5, 0.6) is 0 Å². The Bertz CT molecular complexity index is 464. The van der Waals surface area contributed by atoms with Crippen molar-refractivity contribution in [2.45, 2.75) is 64.8 Å². The van der Waals surface area contributed by atoms with Crippen LogP contribution >= 0.6 is 0 Å². The summed E-state index contributed by atoms with van der Waals surface area (Å²) in [5.41, 5.74) is 1.26. The fourth-order valence-corrected chi connectivity index (χ4v) is 3.73. The van der Waals surface area contributed by atoms with Gasteiger partial charge in [0.05, 0.1) is 0 Å². The second-order valence-electron chi connectivity index (χ2n) is 6.89. The molecule has 3 nitrogen and oxygen atoms in total. The molecule has 24 heavy (non-hydrogen) atoms. The van der Waals surface area contributed by atoms with Gasteiger partial charge >= 0.3 is 0 Å². The lowest BCUT2D eigenvalue weighted by Gasteiger charge is -2.36. The molecule has 1 amide bonds. The van der Waals surface area contributed by atoms with Crippen molar-refractivity contribution in [3.8, 4) is 0 Å². The molecule has 0 unspecified atom stereocenters. The summed E-state index contributed by atoms with van der Waals surface area (Å²) in [6, 6.07) is 10.8. The topological polar surface area (TPSA) is 23.6 Å². The molecule has 0 N–H and O–H groups in total. The first-order valence-electron chi connectivity index (χ1n) is 9.80. The quantitative estimate of drug-likeness (QED) is 0.680. The van der Waals surface area contributed by atoms with Crippen molar-refractivity contribution < 1.29 is 4.79 Å². The standard InChI is InChI=1S/C21H34N2O/c1-3-22(4-2)17-18-23(20-13-9-6-10-14-20)21(24)16-15-19-11-7-5-8-12-19/h5,7-8,11-12,20H,3-4,6,9-10,13-18H2,1-2H3. The zero-order chi connectivity index (χ0) is 17.2. The molecule has 2 rings (SSSR count). The lowest BCUT2D eigenvalue weighted by molar-refractivity contribution is -0.134. The van der Waals surface area contributed by atoms with Crippen molar-refractivity contribution in [2.75, 3.05) is 26.2 Å². The Hall–Kier alpha value is -1.35. The third kappa shape index (κ3) is 5.94. The lowest BCUT2D eigenvalue weighted by atomic mass is 9.93. The largest absolute Gasteiger partial charge is 0.338 e. The van der Waals surface area contributed by atoms with Crippen LogP contribution in [0.15, 0.2) is 30.3 Å². The highest BCUT2D eigenvalue weighted by Gasteiger charge is 2.25. The van der Waals surface area contributed by atoms with Crippen LogP contribution in [-0.4, -0.2) is 47.9 Å². The van der Waals surface area contributed by atoms with Crippen LogP contribution in [0.25, 0.3) is 0 Å². The average molecular weight is 331 g/mol. The molecule has 0 atom stereocenters. The number of likely N-dealkylation sites (N-methyl/N-ethyl adjacent to an activating group) is 1. The molecule has 0 aromatic heterocycles. The van der Waals surface area contributed by atoms with Gasteiger partial charge in [0.1, 0.15) is 0 Å². The van der Waals surface area contributed by atoms with Gasteiger partial charge < -0.3 is 9.80 Å². The second kappa shape index (κ2) is 10.5. The zero-order valence-corrected chi connectivity index (χ0v) is 15.5. The van der Waals surface area contributed by atoms with Crippen LogP contribution in [0.1, 0.15) is 57.9 Å². The summed E-state index contributed by atoms with van der Waals surface area (Å²) < 4.78 is 0. The Morgan fingerprint density at radius 2 is 1.67 bits per heavy atom. The van der Waals surface area contributed by atoms with E-state index in [1.165, 1.54) is 37.7 Å². The summed E-state index contributed by atoms with van der Waals surface area (Å²) in [4.78, 5) is 17.5. The fourth-order valence-electron chi connectivity index (χ4n) is 3.73. The number of benzene rings is 1. The van der Waals surface area contributed by atoms with Crippen molar-refractivity contribution in [3.63, 3.8) is 0 Å². The summed E-state index contributed by atoms with van der Waals surface area (Å²) >= 11 is 0. The van der Waals surface area contributed by atoms with E-state index in [9.17, 15) is 4.79 Å². The molecule has 0 heterocycles. The number of hydrogen-bond donors (Lipinski definition) is 0. The lowest BCUT2D eigenvalue weighted by Crippen LogP contribution is -2.45. The number of amides is 1. The predicted octanol–water partition coefficient (Wildman–Crippen LogP) is 4.12. The van der Waals surface area contributed by atoms with E-state index in [0.717, 1.165) is 32.6 Å². The smallest absolute Gasteiger partial charge is 0.223 e. The van der Waals surface area contributed by atoms with E-state index in [1.807, 2.05) is 6.07 Å². The first kappa shape index (κ1) is 19.0. The monoisotopic (exact) mass is 330 g/mol. The van der Waals surface area contributed by atoms with E-state index in [0.29, 0.717) is 18.4 Å². The van der Waals surface area contributed by atoms with Gasteiger partial charge in [0.2, 0.25) is 5.91 Å². The van der Waals surface area contributed by atoms with Crippen LogP contribution in [-0.2, 0) is 11.2 Å². The fraction of sp³-hybridized carbons (Fsp3) is 0.667. The number of aryl methyl sites for hydroxylation is 1. The highest BCUT2D eigenvalue weighted by molar-refractivity contribution is 5.76. The Morgan fingerprint density at radius 1 is 1.00 bits per heavy atom. The molecule has 3 heteroatoms. The normalized spacial score (nSPS) is 15.6. The van der Waals surface area contributed by atoms with Crippen LogP contribution in [0.2, 0.25) is 0 Å². The van der Waals surface area contributed by atoms with E-state index in [2.05, 4.69) is 47.9 Å². The summed E-state index contributed by atoms with van der Waals surface area (Å²) in [6.45, 7) is 8.41. The summed E-state index contributed by atoms with van der Waals surface area (Å²) in [5, 5.41) is 0. The summed E-state index contributed by atoms with van der Waals surface area (Å²) in [6.07, 6.45) is 7.76. The van der Waals surface area contributed by atoms with Gasteiger partial charge in [-0.15, -0.1) is 0 Å². The Morgan fingerprint density at radius 3 is 2.29 bits per heavy atom. The number of carbonyl (C=O) groups is 1. The van der Waals surface area contributed by atoms with Gasteiger partial charge in [-0.05, 0) is 37.9 Å². The first-order valence-corrected chi connectivity index (χ1v) is 9.80. The molecule has 1 aromatic carbocycles. The van der Waals surface area contributed by atoms with E-state index < -0.39 is 0 Å². The Labute approximate surface area is 148 Å². The van der Waals surface area contributed by atoms with Gasteiger partial charge in [-0.1, -0.05) is 63.4 Å². The van der Waals surface area contributed by atoms with Gasteiger partial charge in [0.25, 0.3) is 0 Å². The second-order valence-corrected chi connectivity index (χ2v) is 6.89. The Balaban J connectivity index is 1.93. The molecule has 134 valence electrons. The van der Waals surface area contributed by atoms with Crippen molar-refractivity contribution in [1.29, 1.82) is 0 Å². The van der Waals surface area contributed by atoms with Gasteiger partial charge in [0, 0.05) is 25.6 Å². The number of carbonyl (C=O) groups excluding carboxylic acids is 1. The van der Waals surface area contributed by atoms with Crippen LogP contribution in [0.3, 0.4) is 0 Å². The number of hydrogen-bond acceptors (Lipinski definition) is 2. The highest BCUT2D eigenvalue weighted by Crippen LogP contribution is 2.23. The van der Waals surface area contributed by atoms with E-state index in [4.69, 9.17) is 0 Å². The molecule has 0 spiro atoms. The molecule has 0 bridgehead atoms. The molecule has 1 fully saturated rings. The molecule has 0 saturated heterocycles. The van der Waals surface area contributed by atoms with E-state index in [-0.39, 0.29) is 0 Å². The minimum atomic E-state index is 0.345. The van der Waals surface area contributed by atoms with E-state index >= 15 is 0 Å². The van der Waals surface area contributed by atoms with Crippen molar-refractivity contribution in [2.24, 2.45) is 0 Å². The molecule has 1 saturated carbocycles. The summed E-state index contributed by atoms with van der Waals surface area (Å²) in [5.74, 6) is 0.345. The zero-order valence-electron chi connectivity index (χ0n) is 15.5. The molecular weight excluding hydrogens is 296 g/mol. The van der Waals surface area contributed by atoms with Gasteiger partial charge in [-0.2, -0.15) is 0 Å². The molecule has 0 aliphatic heterocycles. The SMILES string of the molecule is CCN(CC)CCN(C(=O)CCc1ccccc1)C1CCCCC1. The van der Waals surface area contributed by atoms with E-state index in [1.54, 1.807) is 0 Å². The van der Waals surface area contributed by atoms with Crippen molar-refractivity contribution in [1.82, 2.24) is 9.80 Å². The Kier molecular flexibility index (Phi) is 8.31. The third-order valence-corrected chi connectivity index (χ3v) is 5.36. The minimum absolute atomic E-state index is 0.345. The third-order valence-electron chi connectivity index (χ3n) is 5.36. The summed E-state index contributed by atoms with van der Waals surface area (Å²) in [7, 11) is 0. The van der Waals surface area contributed by atoms with Crippen molar-refractivity contribution in [3.05, 3.63) is 35.9 Å². The average Bonchev–Trinajstić information content (AvgIpc) is 2.65. The highest BCUT2D eigenvalue weighted by atomic mass is 16.2. The van der Waals surface area contributed by atoms with Gasteiger partial charge in [-0.3, -0.25) is 4.79 Å². The molecule has 1 aliphatic carbocycles. The first-order chi connectivity index (χ1) is 11.7. The maximum Gasteiger partial charge on any atom is 0.223 e. The molecule has 1 aromatic rings. The molecular formula is C21H34N2O. The van der Waals surface area contributed by atoms with Crippen LogP contribution in [0, 0.1) is 0 Å². The minimum Gasteiger partial charge on any atom is -0.338 e. The van der Waals surface area contributed by atoms with Crippen LogP contribution in [0.4, 0.5) is 0 Å². The maximum absolute atomic E-state index is 12.9. The molecule has 0 radical (unpaired) electrons. The number of nitrogens with zero attached hydrogens (tertiary/aromatic N) is 2.